The number of carbonyl (C=O) groups is 2. The summed E-state index contributed by atoms with van der Waals surface area (Å²) < 4.78 is 5.09. The number of hydrogen-bond donors (Lipinski definition) is 1. The van der Waals surface area contributed by atoms with Gasteiger partial charge in [0.15, 0.2) is 6.10 Å². The van der Waals surface area contributed by atoms with Gasteiger partial charge in [0.25, 0.3) is 11.6 Å². The maximum absolute atomic E-state index is 12.1. The molecule has 26 heavy (non-hydrogen) atoms. The van der Waals surface area contributed by atoms with Crippen molar-refractivity contribution >= 4 is 35.0 Å². The molecule has 0 unspecified atom stereocenters. The lowest BCUT2D eigenvalue weighted by molar-refractivity contribution is -0.383. The predicted molar refractivity (Wildman–Crippen MR) is 99.1 cm³/mol. The van der Waals surface area contributed by atoms with Crippen LogP contribution in [-0.4, -0.2) is 28.7 Å². The minimum atomic E-state index is -1.05. The Morgan fingerprint density at radius 3 is 2.50 bits per heavy atom. The quantitative estimate of drug-likeness (QED) is 0.328. The number of para-hydroxylation sites is 2. The molecule has 0 radical (unpaired) electrons. The van der Waals surface area contributed by atoms with Crippen molar-refractivity contribution in [2.24, 2.45) is 0 Å². The second kappa shape index (κ2) is 9.57. The Balaban J connectivity index is 1.81. The average molecular weight is 374 g/mol. The third-order valence-electron chi connectivity index (χ3n) is 3.35. The molecule has 7 nitrogen and oxygen atoms in total. The number of carbonyl (C=O) groups excluding carboxylic acids is 2. The number of nitro groups is 1. The summed E-state index contributed by atoms with van der Waals surface area (Å²) in [6, 6.07) is 15.4. The molecule has 0 heterocycles. The number of amides is 1. The van der Waals surface area contributed by atoms with E-state index in [0.717, 1.165) is 4.90 Å². The van der Waals surface area contributed by atoms with Crippen LogP contribution in [0.3, 0.4) is 0 Å². The van der Waals surface area contributed by atoms with Crippen molar-refractivity contribution in [3.05, 3.63) is 64.7 Å². The Morgan fingerprint density at radius 2 is 1.81 bits per heavy atom. The summed E-state index contributed by atoms with van der Waals surface area (Å²) >= 11 is 1.52. The molecule has 1 amide bonds. The highest BCUT2D eigenvalue weighted by Crippen LogP contribution is 2.23. The fraction of sp³-hybridized carbons (Fsp3) is 0.222. The van der Waals surface area contributed by atoms with Crippen LogP contribution < -0.4 is 5.32 Å². The highest BCUT2D eigenvalue weighted by atomic mass is 32.2. The Morgan fingerprint density at radius 1 is 1.15 bits per heavy atom. The number of ether oxygens (including phenoxy) is 1. The number of nitrogens with zero attached hydrogens (tertiary/aromatic N) is 1. The van der Waals surface area contributed by atoms with Crippen molar-refractivity contribution < 1.29 is 19.2 Å². The SMILES string of the molecule is C[C@H](OC(=O)CCSc1ccccc1)C(=O)Nc1ccccc1[N+](=O)[O-]. The summed E-state index contributed by atoms with van der Waals surface area (Å²) in [5.41, 5.74) is -0.163. The van der Waals surface area contributed by atoms with E-state index in [1.54, 1.807) is 6.07 Å². The zero-order valence-electron chi connectivity index (χ0n) is 14.1. The van der Waals surface area contributed by atoms with Crippen LogP contribution in [0.5, 0.6) is 0 Å². The molecule has 2 aromatic carbocycles. The van der Waals surface area contributed by atoms with Gasteiger partial charge in [-0.2, -0.15) is 0 Å². The maximum atomic E-state index is 12.1. The average Bonchev–Trinajstić information content (AvgIpc) is 2.62. The third-order valence-corrected chi connectivity index (χ3v) is 4.37. The molecular weight excluding hydrogens is 356 g/mol. The molecule has 2 rings (SSSR count). The molecule has 0 saturated heterocycles. The molecule has 8 heteroatoms. The van der Waals surface area contributed by atoms with Gasteiger partial charge in [-0.3, -0.25) is 19.7 Å². The van der Waals surface area contributed by atoms with Gasteiger partial charge < -0.3 is 10.1 Å². The Bertz CT molecular complexity index is 782. The van der Waals surface area contributed by atoms with E-state index >= 15 is 0 Å². The molecule has 0 aromatic heterocycles. The summed E-state index contributed by atoms with van der Waals surface area (Å²) in [6.07, 6.45) is -0.896. The molecule has 0 aliphatic carbocycles. The first-order valence-corrected chi connectivity index (χ1v) is 8.87. The number of nitrogens with one attached hydrogen (secondary N) is 1. The van der Waals surface area contributed by atoms with E-state index < -0.39 is 22.9 Å². The number of anilines is 1. The summed E-state index contributed by atoms with van der Waals surface area (Å²) in [6.45, 7) is 1.42. The van der Waals surface area contributed by atoms with E-state index in [1.165, 1.54) is 36.9 Å². The van der Waals surface area contributed by atoms with Crippen LogP contribution in [0.1, 0.15) is 13.3 Å². The van der Waals surface area contributed by atoms with E-state index in [4.69, 9.17) is 4.74 Å². The first-order valence-electron chi connectivity index (χ1n) is 7.89. The van der Waals surface area contributed by atoms with Gasteiger partial charge in [-0.15, -0.1) is 11.8 Å². The summed E-state index contributed by atoms with van der Waals surface area (Å²) in [7, 11) is 0. The van der Waals surface area contributed by atoms with Crippen LogP contribution in [-0.2, 0) is 14.3 Å². The minimum absolute atomic E-state index is 0.0602. The van der Waals surface area contributed by atoms with E-state index in [-0.39, 0.29) is 17.8 Å². The van der Waals surface area contributed by atoms with Gasteiger partial charge in [0.2, 0.25) is 0 Å². The highest BCUT2D eigenvalue weighted by Gasteiger charge is 2.21. The van der Waals surface area contributed by atoms with Gasteiger partial charge in [-0.25, -0.2) is 0 Å². The van der Waals surface area contributed by atoms with Gasteiger partial charge >= 0.3 is 5.97 Å². The van der Waals surface area contributed by atoms with Crippen LogP contribution in [0.4, 0.5) is 11.4 Å². The first-order chi connectivity index (χ1) is 12.5. The maximum Gasteiger partial charge on any atom is 0.307 e. The monoisotopic (exact) mass is 374 g/mol. The molecule has 1 N–H and O–H groups in total. The zero-order valence-corrected chi connectivity index (χ0v) is 14.9. The van der Waals surface area contributed by atoms with Crippen LogP contribution >= 0.6 is 11.8 Å². The molecular formula is C18H18N2O5S. The van der Waals surface area contributed by atoms with Crippen molar-refractivity contribution in [1.82, 2.24) is 0 Å². The van der Waals surface area contributed by atoms with Gasteiger partial charge in [0.1, 0.15) is 5.69 Å². The van der Waals surface area contributed by atoms with E-state index in [2.05, 4.69) is 5.32 Å². The smallest absolute Gasteiger partial charge is 0.307 e. The molecule has 0 aliphatic heterocycles. The highest BCUT2D eigenvalue weighted by molar-refractivity contribution is 7.99. The number of esters is 1. The number of nitro benzene ring substituents is 1. The van der Waals surface area contributed by atoms with Crippen LogP contribution in [0.2, 0.25) is 0 Å². The van der Waals surface area contributed by atoms with Crippen molar-refractivity contribution in [1.29, 1.82) is 0 Å². The molecule has 0 bridgehead atoms. The van der Waals surface area contributed by atoms with E-state index in [9.17, 15) is 19.7 Å². The molecule has 136 valence electrons. The zero-order chi connectivity index (χ0) is 18.9. The van der Waals surface area contributed by atoms with Crippen LogP contribution in [0, 0.1) is 10.1 Å². The largest absolute Gasteiger partial charge is 0.453 e. The third kappa shape index (κ3) is 5.89. The van der Waals surface area contributed by atoms with Gasteiger partial charge in [0.05, 0.1) is 11.3 Å². The van der Waals surface area contributed by atoms with Gasteiger partial charge in [-0.05, 0) is 25.1 Å². The van der Waals surface area contributed by atoms with E-state index in [1.807, 2.05) is 30.3 Å². The summed E-state index contributed by atoms with van der Waals surface area (Å²) in [5, 5.41) is 13.4. The molecule has 0 spiro atoms. The Kier molecular flexibility index (Phi) is 7.16. The number of thioether (sulfide) groups is 1. The van der Waals surface area contributed by atoms with Gasteiger partial charge in [-0.1, -0.05) is 30.3 Å². The fourth-order valence-corrected chi connectivity index (χ4v) is 2.91. The van der Waals surface area contributed by atoms with Crippen molar-refractivity contribution in [3.8, 4) is 0 Å². The minimum Gasteiger partial charge on any atom is -0.453 e. The van der Waals surface area contributed by atoms with E-state index in [0.29, 0.717) is 5.75 Å². The van der Waals surface area contributed by atoms with Crippen LogP contribution in [0.25, 0.3) is 0 Å². The Labute approximate surface area is 154 Å². The normalized spacial score (nSPS) is 11.4. The second-order valence-corrected chi connectivity index (χ2v) is 6.48. The van der Waals surface area contributed by atoms with Gasteiger partial charge in [0, 0.05) is 16.7 Å². The fourth-order valence-electron chi connectivity index (χ4n) is 2.05. The summed E-state index contributed by atoms with van der Waals surface area (Å²) in [4.78, 5) is 35.4. The van der Waals surface area contributed by atoms with Crippen molar-refractivity contribution in [3.63, 3.8) is 0 Å². The van der Waals surface area contributed by atoms with Crippen molar-refractivity contribution in [2.45, 2.75) is 24.3 Å². The lowest BCUT2D eigenvalue weighted by Crippen LogP contribution is -2.30. The predicted octanol–water partition coefficient (Wildman–Crippen LogP) is 3.65. The van der Waals surface area contributed by atoms with Crippen LogP contribution in [0.15, 0.2) is 59.5 Å². The molecule has 0 aliphatic rings. The number of rotatable bonds is 8. The summed E-state index contributed by atoms with van der Waals surface area (Å²) in [5.74, 6) is -0.594. The second-order valence-electron chi connectivity index (χ2n) is 5.31. The molecule has 1 atom stereocenters. The van der Waals surface area contributed by atoms with Crippen molar-refractivity contribution in [2.75, 3.05) is 11.1 Å². The standard InChI is InChI=1S/C18H18N2O5S/c1-13(18(22)19-15-9-5-6-10-16(15)20(23)24)25-17(21)11-12-26-14-7-3-2-4-8-14/h2-10,13H,11-12H2,1H3,(H,19,22)/t13-/m0/s1. The molecule has 0 fully saturated rings. The first kappa shape index (κ1) is 19.5. The number of hydrogen-bond acceptors (Lipinski definition) is 6. The Hall–Kier alpha value is -2.87. The lowest BCUT2D eigenvalue weighted by Gasteiger charge is -2.13. The molecule has 2 aromatic rings. The topological polar surface area (TPSA) is 98.5 Å². The lowest BCUT2D eigenvalue weighted by atomic mass is 10.2. The molecule has 0 saturated carbocycles. The number of benzene rings is 2.